The fraction of sp³-hybridized carbons (Fsp3) is 0.269. The molecule has 0 N–H and O–H groups in total. The van der Waals surface area contributed by atoms with Gasteiger partial charge in [0.15, 0.2) is 0 Å². The summed E-state index contributed by atoms with van der Waals surface area (Å²) in [6.07, 6.45) is 2.28. The van der Waals surface area contributed by atoms with Crippen LogP contribution in [0.1, 0.15) is 35.4 Å². The maximum absolute atomic E-state index is 13.2. The molecule has 30 heavy (non-hydrogen) atoms. The Morgan fingerprint density at radius 1 is 1.00 bits per heavy atom. The summed E-state index contributed by atoms with van der Waals surface area (Å²) in [5, 5.41) is 9.28. The van der Waals surface area contributed by atoms with E-state index in [0.717, 1.165) is 42.8 Å². The summed E-state index contributed by atoms with van der Waals surface area (Å²) >= 11 is 0. The van der Waals surface area contributed by atoms with Gasteiger partial charge in [-0.1, -0.05) is 36.4 Å². The van der Waals surface area contributed by atoms with E-state index in [1.54, 1.807) is 0 Å². The molecule has 0 amide bonds. The molecule has 3 aromatic carbocycles. The van der Waals surface area contributed by atoms with Crippen molar-refractivity contribution in [1.82, 2.24) is 4.90 Å². The monoisotopic (exact) mass is 398 g/mol. The number of halogens is 1. The van der Waals surface area contributed by atoms with E-state index in [1.165, 1.54) is 23.3 Å². The van der Waals surface area contributed by atoms with Gasteiger partial charge in [0.2, 0.25) is 0 Å². The van der Waals surface area contributed by atoms with Crippen molar-refractivity contribution >= 4 is 0 Å². The Balaban J connectivity index is 1.34. The number of rotatable bonds is 3. The first-order valence-electron chi connectivity index (χ1n) is 10.5. The van der Waals surface area contributed by atoms with Crippen molar-refractivity contribution < 1.29 is 9.13 Å². The lowest BCUT2D eigenvalue weighted by Crippen LogP contribution is -2.48. The average Bonchev–Trinajstić information content (AvgIpc) is 2.80. The zero-order chi connectivity index (χ0) is 20.5. The van der Waals surface area contributed by atoms with Gasteiger partial charge in [-0.15, -0.1) is 0 Å². The maximum atomic E-state index is 13.2. The maximum Gasteiger partial charge on any atom is 0.123 e. The molecule has 1 fully saturated rings. The molecule has 0 unspecified atom stereocenters. The smallest absolute Gasteiger partial charge is 0.123 e. The minimum atomic E-state index is -0.215. The van der Waals surface area contributed by atoms with E-state index >= 15 is 0 Å². The van der Waals surface area contributed by atoms with E-state index in [2.05, 4.69) is 35.2 Å². The molecule has 4 heteroatoms. The Morgan fingerprint density at radius 2 is 1.73 bits per heavy atom. The van der Waals surface area contributed by atoms with Crippen molar-refractivity contribution in [2.45, 2.75) is 31.3 Å². The predicted molar refractivity (Wildman–Crippen MR) is 115 cm³/mol. The molecule has 5 rings (SSSR count). The van der Waals surface area contributed by atoms with E-state index in [9.17, 15) is 9.65 Å². The number of benzene rings is 3. The Morgan fingerprint density at radius 3 is 2.47 bits per heavy atom. The summed E-state index contributed by atoms with van der Waals surface area (Å²) < 4.78 is 19.2. The SMILES string of the molecule is N#Cc1ccc2c(c1)[C@@H]1CCCN(Cc3ccc(-c4ccc(F)cc4)cc3)[C@H]1CO2. The third-order valence-corrected chi connectivity index (χ3v) is 6.36. The summed E-state index contributed by atoms with van der Waals surface area (Å²) in [5.41, 5.74) is 5.26. The third kappa shape index (κ3) is 3.58. The van der Waals surface area contributed by atoms with Crippen LogP contribution < -0.4 is 4.74 Å². The van der Waals surface area contributed by atoms with E-state index in [0.29, 0.717) is 24.1 Å². The van der Waals surface area contributed by atoms with Crippen molar-refractivity contribution in [2.24, 2.45) is 0 Å². The molecule has 3 aromatic rings. The van der Waals surface area contributed by atoms with E-state index in [-0.39, 0.29) is 5.82 Å². The van der Waals surface area contributed by atoms with Crippen LogP contribution in [0, 0.1) is 17.1 Å². The summed E-state index contributed by atoms with van der Waals surface area (Å²) in [6.45, 7) is 2.62. The van der Waals surface area contributed by atoms with Crippen molar-refractivity contribution in [1.29, 1.82) is 5.26 Å². The van der Waals surface area contributed by atoms with Crippen LogP contribution in [0.25, 0.3) is 11.1 Å². The van der Waals surface area contributed by atoms with Gasteiger partial charge in [0.05, 0.1) is 17.7 Å². The highest BCUT2D eigenvalue weighted by atomic mass is 19.1. The predicted octanol–water partition coefficient (Wildman–Crippen LogP) is 5.50. The molecular formula is C26H23FN2O. The molecule has 2 aliphatic rings. The number of ether oxygens (including phenoxy) is 1. The highest BCUT2D eigenvalue weighted by Gasteiger charge is 2.37. The van der Waals surface area contributed by atoms with Crippen molar-refractivity contribution in [3.05, 3.63) is 89.2 Å². The van der Waals surface area contributed by atoms with Gasteiger partial charge in [-0.25, -0.2) is 4.39 Å². The molecule has 0 bridgehead atoms. The van der Waals surface area contributed by atoms with Gasteiger partial charge in [0, 0.05) is 18.0 Å². The zero-order valence-corrected chi connectivity index (χ0v) is 16.7. The van der Waals surface area contributed by atoms with Crippen LogP contribution >= 0.6 is 0 Å². The number of piperidine rings is 1. The summed E-state index contributed by atoms with van der Waals surface area (Å²) in [7, 11) is 0. The lowest BCUT2D eigenvalue weighted by atomic mass is 9.81. The second kappa shape index (κ2) is 7.93. The number of hydrogen-bond donors (Lipinski definition) is 0. The normalized spacial score (nSPS) is 20.5. The molecule has 0 aliphatic carbocycles. The average molecular weight is 398 g/mol. The van der Waals surface area contributed by atoms with Crippen LogP contribution in [0.4, 0.5) is 4.39 Å². The van der Waals surface area contributed by atoms with Crippen LogP contribution in [-0.2, 0) is 6.54 Å². The number of likely N-dealkylation sites (tertiary alicyclic amines) is 1. The second-order valence-electron chi connectivity index (χ2n) is 8.17. The Hall–Kier alpha value is -3.16. The largest absolute Gasteiger partial charge is 0.492 e. The molecule has 3 nitrogen and oxygen atoms in total. The number of hydrogen-bond acceptors (Lipinski definition) is 3. The van der Waals surface area contributed by atoms with Gasteiger partial charge in [-0.2, -0.15) is 5.26 Å². The van der Waals surface area contributed by atoms with E-state index < -0.39 is 0 Å². The summed E-state index contributed by atoms with van der Waals surface area (Å²) in [6, 6.07) is 23.5. The van der Waals surface area contributed by atoms with Crippen LogP contribution in [0.2, 0.25) is 0 Å². The highest BCUT2D eigenvalue weighted by molar-refractivity contribution is 5.63. The molecule has 0 saturated carbocycles. The minimum absolute atomic E-state index is 0.215. The van der Waals surface area contributed by atoms with Gasteiger partial charge in [0.1, 0.15) is 18.2 Å². The first kappa shape index (κ1) is 18.8. The van der Waals surface area contributed by atoms with Gasteiger partial charge in [-0.05, 0) is 66.4 Å². The van der Waals surface area contributed by atoms with E-state index in [4.69, 9.17) is 4.74 Å². The van der Waals surface area contributed by atoms with E-state index in [1.807, 2.05) is 30.3 Å². The molecule has 2 atom stereocenters. The first-order valence-corrected chi connectivity index (χ1v) is 10.5. The summed E-state index contributed by atoms with van der Waals surface area (Å²) in [5.74, 6) is 1.13. The van der Waals surface area contributed by atoms with Gasteiger partial charge in [-0.3, -0.25) is 4.90 Å². The van der Waals surface area contributed by atoms with Gasteiger partial charge in [0.25, 0.3) is 0 Å². The Labute approximate surface area is 176 Å². The molecular weight excluding hydrogens is 375 g/mol. The quantitative estimate of drug-likeness (QED) is 0.584. The van der Waals surface area contributed by atoms with Crippen molar-refractivity contribution in [3.8, 4) is 22.9 Å². The van der Waals surface area contributed by atoms with Crippen molar-refractivity contribution in [2.75, 3.05) is 13.2 Å². The first-order chi connectivity index (χ1) is 14.7. The third-order valence-electron chi connectivity index (χ3n) is 6.36. The minimum Gasteiger partial charge on any atom is -0.492 e. The van der Waals surface area contributed by atoms with Crippen LogP contribution in [0.3, 0.4) is 0 Å². The Kier molecular flexibility index (Phi) is 4.98. The molecule has 2 aliphatic heterocycles. The molecule has 150 valence electrons. The van der Waals surface area contributed by atoms with Crippen molar-refractivity contribution in [3.63, 3.8) is 0 Å². The fourth-order valence-electron chi connectivity index (χ4n) is 4.80. The number of nitrogens with zero attached hydrogens (tertiary/aromatic N) is 2. The molecule has 1 saturated heterocycles. The topological polar surface area (TPSA) is 36.3 Å². The molecule has 2 heterocycles. The van der Waals surface area contributed by atoms with Crippen LogP contribution in [-0.4, -0.2) is 24.1 Å². The Bertz CT molecular complexity index is 1090. The lowest BCUT2D eigenvalue weighted by Gasteiger charge is -2.44. The number of fused-ring (bicyclic) bond motifs is 3. The van der Waals surface area contributed by atoms with Gasteiger partial charge >= 0.3 is 0 Å². The number of nitriles is 1. The standard InChI is InChI=1S/C26H23FN2O/c27-22-10-8-21(9-11-22)20-6-3-18(4-7-20)16-29-13-1-2-23-24-14-19(15-28)5-12-26(24)30-17-25(23)29/h3-12,14,23,25H,1-2,13,16-17H2/t23-,25-/m0/s1. The fourth-order valence-corrected chi connectivity index (χ4v) is 4.80. The molecule has 0 spiro atoms. The summed E-state index contributed by atoms with van der Waals surface area (Å²) in [4.78, 5) is 2.52. The zero-order valence-electron chi connectivity index (χ0n) is 16.7. The second-order valence-corrected chi connectivity index (χ2v) is 8.17. The molecule has 0 aromatic heterocycles. The molecule has 0 radical (unpaired) electrons. The van der Waals surface area contributed by atoms with Crippen LogP contribution in [0.5, 0.6) is 5.75 Å². The highest BCUT2D eigenvalue weighted by Crippen LogP contribution is 2.42. The lowest BCUT2D eigenvalue weighted by molar-refractivity contribution is 0.0600. The van der Waals surface area contributed by atoms with Gasteiger partial charge < -0.3 is 4.74 Å². The van der Waals surface area contributed by atoms with Crippen LogP contribution in [0.15, 0.2) is 66.7 Å².